The Morgan fingerprint density at radius 1 is 1.17 bits per heavy atom. The summed E-state index contributed by atoms with van der Waals surface area (Å²) in [5, 5.41) is 6.45. The molecular formula is C19H27N3O2. The zero-order valence-corrected chi connectivity index (χ0v) is 14.2. The lowest BCUT2D eigenvalue weighted by molar-refractivity contribution is -0.124. The fourth-order valence-electron chi connectivity index (χ4n) is 3.72. The average molecular weight is 329 g/mol. The van der Waals surface area contributed by atoms with E-state index in [0.29, 0.717) is 24.6 Å². The van der Waals surface area contributed by atoms with Gasteiger partial charge in [0.15, 0.2) is 0 Å². The Morgan fingerprint density at radius 2 is 2.00 bits per heavy atom. The maximum atomic E-state index is 12.6. The first-order valence-corrected chi connectivity index (χ1v) is 9.10. The fourth-order valence-corrected chi connectivity index (χ4v) is 3.72. The van der Waals surface area contributed by atoms with Crippen molar-refractivity contribution in [3.63, 3.8) is 0 Å². The summed E-state index contributed by atoms with van der Waals surface area (Å²) in [4.78, 5) is 26.9. The molecule has 2 unspecified atom stereocenters. The van der Waals surface area contributed by atoms with E-state index in [4.69, 9.17) is 0 Å². The Labute approximate surface area is 143 Å². The predicted molar refractivity (Wildman–Crippen MR) is 93.7 cm³/mol. The zero-order valence-electron chi connectivity index (χ0n) is 14.2. The van der Waals surface area contributed by atoms with Gasteiger partial charge in [-0.15, -0.1) is 0 Å². The van der Waals surface area contributed by atoms with Gasteiger partial charge in [-0.3, -0.25) is 9.59 Å². The van der Waals surface area contributed by atoms with E-state index in [-0.39, 0.29) is 17.9 Å². The molecule has 2 saturated heterocycles. The molecule has 0 spiro atoms. The number of piperidine rings is 1. The molecule has 0 radical (unpaired) electrons. The first-order chi connectivity index (χ1) is 11.8. The van der Waals surface area contributed by atoms with Crippen LogP contribution in [0.15, 0.2) is 30.3 Å². The van der Waals surface area contributed by atoms with Crippen LogP contribution in [-0.2, 0) is 4.79 Å². The van der Waals surface area contributed by atoms with E-state index in [2.05, 4.69) is 10.6 Å². The van der Waals surface area contributed by atoms with E-state index >= 15 is 0 Å². The Bertz CT molecular complexity index is 555. The molecule has 2 aliphatic rings. The standard InChI is InChI=1S/C19H27N3O2/c23-18(21-12-10-15-6-4-11-20-14-15)17-9-5-13-22(17)19(24)16-7-2-1-3-8-16/h1-3,7-8,15,17,20H,4-6,9-14H2,(H,21,23). The second-order valence-electron chi connectivity index (χ2n) is 6.81. The number of hydrogen-bond acceptors (Lipinski definition) is 3. The van der Waals surface area contributed by atoms with E-state index in [1.54, 1.807) is 4.90 Å². The molecule has 2 atom stereocenters. The van der Waals surface area contributed by atoms with Gasteiger partial charge in [-0.25, -0.2) is 0 Å². The third-order valence-corrected chi connectivity index (χ3v) is 5.09. The number of hydrogen-bond donors (Lipinski definition) is 2. The highest BCUT2D eigenvalue weighted by Crippen LogP contribution is 2.20. The lowest BCUT2D eigenvalue weighted by atomic mass is 9.96. The van der Waals surface area contributed by atoms with Crippen LogP contribution in [0.1, 0.15) is 42.5 Å². The molecule has 5 heteroatoms. The van der Waals surface area contributed by atoms with Crippen molar-refractivity contribution in [2.45, 2.75) is 38.1 Å². The van der Waals surface area contributed by atoms with Crippen molar-refractivity contribution >= 4 is 11.8 Å². The molecule has 2 N–H and O–H groups in total. The largest absolute Gasteiger partial charge is 0.354 e. The van der Waals surface area contributed by atoms with E-state index < -0.39 is 0 Å². The molecule has 2 amide bonds. The molecule has 0 bridgehead atoms. The minimum Gasteiger partial charge on any atom is -0.354 e. The summed E-state index contributed by atoms with van der Waals surface area (Å²) < 4.78 is 0. The van der Waals surface area contributed by atoms with Crippen molar-refractivity contribution in [2.24, 2.45) is 5.92 Å². The zero-order chi connectivity index (χ0) is 16.8. The summed E-state index contributed by atoms with van der Waals surface area (Å²) in [5.74, 6) is 0.620. The van der Waals surface area contributed by atoms with Crippen LogP contribution in [0.2, 0.25) is 0 Å². The number of rotatable bonds is 5. The molecule has 0 aromatic heterocycles. The van der Waals surface area contributed by atoms with Gasteiger partial charge in [-0.05, 0) is 63.2 Å². The molecule has 24 heavy (non-hydrogen) atoms. The molecule has 3 rings (SSSR count). The highest BCUT2D eigenvalue weighted by Gasteiger charge is 2.34. The predicted octanol–water partition coefficient (Wildman–Crippen LogP) is 1.80. The van der Waals surface area contributed by atoms with Crippen LogP contribution in [0.25, 0.3) is 0 Å². The van der Waals surface area contributed by atoms with Gasteiger partial charge in [0.1, 0.15) is 6.04 Å². The van der Waals surface area contributed by atoms with Crippen LogP contribution >= 0.6 is 0 Å². The molecule has 130 valence electrons. The summed E-state index contributed by atoms with van der Waals surface area (Å²) in [6, 6.07) is 8.91. The number of amides is 2. The molecule has 2 fully saturated rings. The maximum absolute atomic E-state index is 12.6. The SMILES string of the molecule is O=C(NCCC1CCCNC1)C1CCCN1C(=O)c1ccccc1. The second kappa shape index (κ2) is 8.29. The van der Waals surface area contributed by atoms with Gasteiger partial charge in [-0.1, -0.05) is 18.2 Å². The molecule has 0 aliphatic carbocycles. The Hall–Kier alpha value is -1.88. The summed E-state index contributed by atoms with van der Waals surface area (Å²) in [6.45, 7) is 3.53. The van der Waals surface area contributed by atoms with Gasteiger partial charge in [-0.2, -0.15) is 0 Å². The number of nitrogens with one attached hydrogen (secondary N) is 2. The summed E-state index contributed by atoms with van der Waals surface area (Å²) >= 11 is 0. The quantitative estimate of drug-likeness (QED) is 0.866. The molecule has 2 heterocycles. The van der Waals surface area contributed by atoms with Crippen molar-refractivity contribution in [3.05, 3.63) is 35.9 Å². The Kier molecular flexibility index (Phi) is 5.86. The lowest BCUT2D eigenvalue weighted by Gasteiger charge is -2.25. The van der Waals surface area contributed by atoms with Crippen LogP contribution < -0.4 is 10.6 Å². The first kappa shape index (κ1) is 17.0. The average Bonchev–Trinajstić information content (AvgIpc) is 3.12. The van der Waals surface area contributed by atoms with Crippen molar-refractivity contribution < 1.29 is 9.59 Å². The van der Waals surface area contributed by atoms with E-state index in [1.807, 2.05) is 30.3 Å². The monoisotopic (exact) mass is 329 g/mol. The third kappa shape index (κ3) is 4.15. The number of benzene rings is 1. The number of carbonyl (C=O) groups is 2. The van der Waals surface area contributed by atoms with Gasteiger partial charge < -0.3 is 15.5 Å². The highest BCUT2D eigenvalue weighted by atomic mass is 16.2. The number of likely N-dealkylation sites (tertiary alicyclic amines) is 1. The maximum Gasteiger partial charge on any atom is 0.254 e. The lowest BCUT2D eigenvalue weighted by Crippen LogP contribution is -2.46. The van der Waals surface area contributed by atoms with Crippen LogP contribution in [0.3, 0.4) is 0 Å². The minimum absolute atomic E-state index is 0.000509. The molecule has 1 aromatic rings. The van der Waals surface area contributed by atoms with Crippen molar-refractivity contribution in [1.29, 1.82) is 0 Å². The van der Waals surface area contributed by atoms with Crippen molar-refractivity contribution in [1.82, 2.24) is 15.5 Å². The van der Waals surface area contributed by atoms with Gasteiger partial charge in [0, 0.05) is 18.7 Å². The molecule has 0 saturated carbocycles. The Morgan fingerprint density at radius 3 is 2.75 bits per heavy atom. The van der Waals surface area contributed by atoms with E-state index in [0.717, 1.165) is 32.4 Å². The van der Waals surface area contributed by atoms with Crippen LogP contribution in [0.4, 0.5) is 0 Å². The summed E-state index contributed by atoms with van der Waals surface area (Å²) in [6.07, 6.45) is 5.13. The fraction of sp³-hybridized carbons (Fsp3) is 0.579. The first-order valence-electron chi connectivity index (χ1n) is 9.10. The molecule has 1 aromatic carbocycles. The van der Waals surface area contributed by atoms with Gasteiger partial charge in [0.2, 0.25) is 5.91 Å². The van der Waals surface area contributed by atoms with Gasteiger partial charge >= 0.3 is 0 Å². The van der Waals surface area contributed by atoms with Crippen LogP contribution in [-0.4, -0.2) is 48.9 Å². The minimum atomic E-state index is -0.317. The second-order valence-corrected chi connectivity index (χ2v) is 6.81. The molecular weight excluding hydrogens is 302 g/mol. The van der Waals surface area contributed by atoms with Gasteiger partial charge in [0.05, 0.1) is 0 Å². The summed E-state index contributed by atoms with van der Waals surface area (Å²) in [5.41, 5.74) is 0.658. The Balaban J connectivity index is 1.51. The smallest absolute Gasteiger partial charge is 0.254 e. The van der Waals surface area contributed by atoms with Crippen LogP contribution in [0.5, 0.6) is 0 Å². The van der Waals surface area contributed by atoms with Crippen molar-refractivity contribution in [2.75, 3.05) is 26.2 Å². The molecule has 5 nitrogen and oxygen atoms in total. The van der Waals surface area contributed by atoms with E-state index in [9.17, 15) is 9.59 Å². The molecule has 2 aliphatic heterocycles. The summed E-state index contributed by atoms with van der Waals surface area (Å²) in [7, 11) is 0. The number of nitrogens with zero attached hydrogens (tertiary/aromatic N) is 1. The van der Waals surface area contributed by atoms with E-state index in [1.165, 1.54) is 12.8 Å². The normalized spacial score (nSPS) is 23.9. The van der Waals surface area contributed by atoms with Crippen LogP contribution in [0, 0.1) is 5.92 Å². The third-order valence-electron chi connectivity index (χ3n) is 5.09. The topological polar surface area (TPSA) is 61.4 Å². The highest BCUT2D eigenvalue weighted by molar-refractivity contribution is 5.97. The number of carbonyl (C=O) groups excluding carboxylic acids is 2. The van der Waals surface area contributed by atoms with Crippen molar-refractivity contribution in [3.8, 4) is 0 Å². The van der Waals surface area contributed by atoms with Gasteiger partial charge in [0.25, 0.3) is 5.91 Å².